The van der Waals surface area contributed by atoms with Gasteiger partial charge < -0.3 is 5.32 Å². The molecule has 0 unspecified atom stereocenters. The predicted molar refractivity (Wildman–Crippen MR) is 98.1 cm³/mol. The Labute approximate surface area is 148 Å². The first kappa shape index (κ1) is 15.6. The van der Waals surface area contributed by atoms with Gasteiger partial charge in [-0.15, -0.1) is 0 Å². The van der Waals surface area contributed by atoms with Crippen molar-refractivity contribution in [3.05, 3.63) is 56.1 Å². The van der Waals surface area contributed by atoms with Crippen LogP contribution in [0.15, 0.2) is 42.5 Å². The van der Waals surface area contributed by atoms with Crippen LogP contribution in [0.1, 0.15) is 0 Å². The first-order valence-electron chi connectivity index (χ1n) is 6.40. The summed E-state index contributed by atoms with van der Waals surface area (Å²) in [6.07, 6.45) is 0. The van der Waals surface area contributed by atoms with Crippen molar-refractivity contribution in [2.45, 2.75) is 0 Å². The maximum Gasteiger partial charge on any atom is 0.325 e. The van der Waals surface area contributed by atoms with Crippen LogP contribution in [0.5, 0.6) is 0 Å². The molecule has 2 N–H and O–H groups in total. The fourth-order valence-electron chi connectivity index (χ4n) is 1.87. The highest BCUT2D eigenvalue weighted by molar-refractivity contribution is 14.1. The molecule has 0 fully saturated rings. The van der Waals surface area contributed by atoms with E-state index < -0.39 is 11.0 Å². The Morgan fingerprint density at radius 2 is 1.91 bits per heavy atom. The van der Waals surface area contributed by atoms with Crippen LogP contribution in [0.2, 0.25) is 0 Å². The standard InChI is InChI=1S/C14H9IN4O3S/c15-8-1-3-9(4-2-8)16-13(20)18-14-17-11-6-5-10(19(21)22)7-12(11)23-14/h1-7H,(H2,16,17,18,20). The van der Waals surface area contributed by atoms with E-state index in [2.05, 4.69) is 38.2 Å². The molecule has 0 atom stereocenters. The normalized spacial score (nSPS) is 10.5. The number of nitro benzene ring substituents is 1. The molecule has 23 heavy (non-hydrogen) atoms. The highest BCUT2D eigenvalue weighted by Crippen LogP contribution is 2.29. The molecular formula is C14H9IN4O3S. The highest BCUT2D eigenvalue weighted by atomic mass is 127. The Kier molecular flexibility index (Phi) is 4.39. The van der Waals surface area contributed by atoms with E-state index in [1.165, 1.54) is 23.5 Å². The number of urea groups is 1. The zero-order chi connectivity index (χ0) is 16.4. The summed E-state index contributed by atoms with van der Waals surface area (Å²) >= 11 is 3.36. The molecule has 7 nitrogen and oxygen atoms in total. The molecule has 3 aromatic rings. The number of benzene rings is 2. The van der Waals surface area contributed by atoms with Gasteiger partial charge in [-0.3, -0.25) is 15.4 Å². The number of nitro groups is 1. The number of rotatable bonds is 3. The lowest BCUT2D eigenvalue weighted by atomic mass is 10.3. The zero-order valence-electron chi connectivity index (χ0n) is 11.4. The van der Waals surface area contributed by atoms with Crippen molar-refractivity contribution in [1.82, 2.24) is 4.98 Å². The van der Waals surface area contributed by atoms with Gasteiger partial charge in [0.05, 0.1) is 15.1 Å². The number of nitrogens with one attached hydrogen (secondary N) is 2. The maximum absolute atomic E-state index is 12.0. The molecule has 0 bridgehead atoms. The van der Waals surface area contributed by atoms with Gasteiger partial charge in [0.2, 0.25) is 0 Å². The van der Waals surface area contributed by atoms with Gasteiger partial charge in [0.15, 0.2) is 5.13 Å². The van der Waals surface area contributed by atoms with Gasteiger partial charge in [-0.25, -0.2) is 9.78 Å². The van der Waals surface area contributed by atoms with Crippen LogP contribution in [-0.4, -0.2) is 15.9 Å². The van der Waals surface area contributed by atoms with E-state index in [1.807, 2.05) is 12.1 Å². The number of carbonyl (C=O) groups excluding carboxylic acids is 1. The second kappa shape index (κ2) is 6.46. The molecule has 0 spiro atoms. The number of carbonyl (C=O) groups is 1. The van der Waals surface area contributed by atoms with Gasteiger partial charge >= 0.3 is 6.03 Å². The molecule has 116 valence electrons. The first-order chi connectivity index (χ1) is 11.0. The number of nitrogens with zero attached hydrogens (tertiary/aromatic N) is 2. The Balaban J connectivity index is 1.74. The summed E-state index contributed by atoms with van der Waals surface area (Å²) in [4.78, 5) is 26.5. The van der Waals surface area contributed by atoms with Gasteiger partial charge in [0, 0.05) is 21.4 Å². The van der Waals surface area contributed by atoms with E-state index in [0.717, 1.165) is 3.57 Å². The van der Waals surface area contributed by atoms with Crippen molar-refractivity contribution in [2.75, 3.05) is 10.6 Å². The number of hydrogen-bond donors (Lipinski definition) is 2. The molecule has 1 heterocycles. The van der Waals surface area contributed by atoms with E-state index in [9.17, 15) is 14.9 Å². The second-order valence-electron chi connectivity index (χ2n) is 4.51. The Morgan fingerprint density at radius 3 is 2.61 bits per heavy atom. The molecule has 0 aliphatic rings. The summed E-state index contributed by atoms with van der Waals surface area (Å²) in [6, 6.07) is 11.3. The molecular weight excluding hydrogens is 431 g/mol. The van der Waals surface area contributed by atoms with E-state index in [4.69, 9.17) is 0 Å². The van der Waals surface area contributed by atoms with E-state index in [-0.39, 0.29) is 5.69 Å². The molecule has 2 amide bonds. The van der Waals surface area contributed by atoms with Gasteiger partial charge in [-0.05, 0) is 52.9 Å². The third-order valence-electron chi connectivity index (χ3n) is 2.91. The highest BCUT2D eigenvalue weighted by Gasteiger charge is 2.12. The van der Waals surface area contributed by atoms with Crippen molar-refractivity contribution in [3.63, 3.8) is 0 Å². The molecule has 1 aromatic heterocycles. The summed E-state index contributed by atoms with van der Waals surface area (Å²) in [6.45, 7) is 0. The molecule has 9 heteroatoms. The molecule has 0 aliphatic heterocycles. The molecule has 0 radical (unpaired) electrons. The smallest absolute Gasteiger partial charge is 0.308 e. The average molecular weight is 440 g/mol. The minimum Gasteiger partial charge on any atom is -0.308 e. The number of halogens is 1. The van der Waals surface area contributed by atoms with E-state index >= 15 is 0 Å². The number of thiazole rings is 1. The van der Waals surface area contributed by atoms with Crippen LogP contribution in [0, 0.1) is 13.7 Å². The number of anilines is 2. The van der Waals surface area contributed by atoms with Crippen LogP contribution in [0.4, 0.5) is 21.3 Å². The Bertz CT molecular complexity index is 895. The van der Waals surface area contributed by atoms with Crippen molar-refractivity contribution in [3.8, 4) is 0 Å². The van der Waals surface area contributed by atoms with Gasteiger partial charge in [0.1, 0.15) is 0 Å². The van der Waals surface area contributed by atoms with Crippen molar-refractivity contribution in [2.24, 2.45) is 0 Å². The summed E-state index contributed by atoms with van der Waals surface area (Å²) < 4.78 is 1.71. The average Bonchev–Trinajstić information content (AvgIpc) is 2.90. The van der Waals surface area contributed by atoms with Crippen molar-refractivity contribution in [1.29, 1.82) is 0 Å². The van der Waals surface area contributed by atoms with Crippen LogP contribution in [0.3, 0.4) is 0 Å². The van der Waals surface area contributed by atoms with Crippen molar-refractivity contribution >= 4 is 66.7 Å². The number of amides is 2. The third-order valence-corrected chi connectivity index (χ3v) is 4.56. The number of aromatic nitrogens is 1. The number of hydrogen-bond acceptors (Lipinski definition) is 5. The molecule has 0 saturated heterocycles. The summed E-state index contributed by atoms with van der Waals surface area (Å²) in [5.41, 5.74) is 1.26. The monoisotopic (exact) mass is 440 g/mol. The Morgan fingerprint density at radius 1 is 1.17 bits per heavy atom. The molecule has 2 aromatic carbocycles. The minimum absolute atomic E-state index is 0.00367. The summed E-state index contributed by atoms with van der Waals surface area (Å²) in [7, 11) is 0. The largest absolute Gasteiger partial charge is 0.325 e. The topological polar surface area (TPSA) is 97.2 Å². The van der Waals surface area contributed by atoms with Crippen LogP contribution in [-0.2, 0) is 0 Å². The van der Waals surface area contributed by atoms with Gasteiger partial charge in [-0.2, -0.15) is 0 Å². The summed E-state index contributed by atoms with van der Waals surface area (Å²) in [5, 5.41) is 16.5. The zero-order valence-corrected chi connectivity index (χ0v) is 14.4. The minimum atomic E-state index is -0.463. The number of fused-ring (bicyclic) bond motifs is 1. The lowest BCUT2D eigenvalue weighted by Gasteiger charge is -2.04. The van der Waals surface area contributed by atoms with Crippen LogP contribution >= 0.6 is 33.9 Å². The summed E-state index contributed by atoms with van der Waals surface area (Å²) in [5.74, 6) is 0. The van der Waals surface area contributed by atoms with Crippen LogP contribution < -0.4 is 10.6 Å². The van der Waals surface area contributed by atoms with Crippen molar-refractivity contribution < 1.29 is 9.72 Å². The van der Waals surface area contributed by atoms with Crippen LogP contribution in [0.25, 0.3) is 10.2 Å². The number of non-ortho nitro benzene ring substituents is 1. The maximum atomic E-state index is 12.0. The van der Waals surface area contributed by atoms with E-state index in [1.54, 1.807) is 18.2 Å². The lowest BCUT2D eigenvalue weighted by molar-refractivity contribution is -0.384. The SMILES string of the molecule is O=C(Nc1ccc(I)cc1)Nc1nc2ccc([N+](=O)[O-])cc2s1. The molecule has 0 saturated carbocycles. The van der Waals surface area contributed by atoms with Gasteiger partial charge in [-0.1, -0.05) is 11.3 Å². The fourth-order valence-corrected chi connectivity index (χ4v) is 3.13. The third kappa shape index (κ3) is 3.74. The quantitative estimate of drug-likeness (QED) is 0.357. The second-order valence-corrected chi connectivity index (χ2v) is 6.79. The first-order valence-corrected chi connectivity index (χ1v) is 8.29. The fraction of sp³-hybridized carbons (Fsp3) is 0. The molecule has 3 rings (SSSR count). The van der Waals surface area contributed by atoms with Gasteiger partial charge in [0.25, 0.3) is 5.69 Å². The van der Waals surface area contributed by atoms with E-state index in [0.29, 0.717) is 21.0 Å². The Hall–Kier alpha value is -2.27. The predicted octanol–water partition coefficient (Wildman–Crippen LogP) is 4.45. The lowest BCUT2D eigenvalue weighted by Crippen LogP contribution is -2.19. The molecule has 0 aliphatic carbocycles.